The molecule has 0 spiro atoms. The molecule has 1 amide bonds. The van der Waals surface area contributed by atoms with Gasteiger partial charge in [-0.15, -0.1) is 0 Å². The summed E-state index contributed by atoms with van der Waals surface area (Å²) in [5, 5.41) is 6.38. The summed E-state index contributed by atoms with van der Waals surface area (Å²) in [6, 6.07) is 14.5. The summed E-state index contributed by atoms with van der Waals surface area (Å²) in [6.07, 6.45) is 3.09. The first-order valence-corrected chi connectivity index (χ1v) is 8.97. The van der Waals surface area contributed by atoms with E-state index < -0.39 is 0 Å². The van der Waals surface area contributed by atoms with Gasteiger partial charge in [-0.1, -0.05) is 43.3 Å². The lowest BCUT2D eigenvalue weighted by molar-refractivity contribution is -0.123. The zero-order valence-electron chi connectivity index (χ0n) is 14.8. The molecule has 0 unspecified atom stereocenters. The average molecular weight is 340 g/mol. The molecule has 0 bridgehead atoms. The van der Waals surface area contributed by atoms with Gasteiger partial charge in [-0.3, -0.25) is 10.1 Å². The number of nitrogens with one attached hydrogen (secondary N) is 2. The molecule has 2 aromatic carbocycles. The number of halogens is 1. The fraction of sp³-hybridized carbons (Fsp3) is 0.381. The molecule has 0 heterocycles. The molecular formula is C21H25FN2O. The number of rotatable bonds is 7. The SMILES string of the molecule is CCc1ccc([C@H](N[C@H](C)C(=O)NC2CC2)c2cccc(F)c2)cc1. The maximum atomic E-state index is 13.7. The standard InChI is InChI=1S/C21H25FN2O/c1-3-15-7-9-16(10-8-15)20(17-5-4-6-18(22)13-17)23-14(2)21(25)24-19-11-12-19/h4-10,13-14,19-20,23H,3,11-12H2,1-2H3,(H,24,25)/t14-,20+/m1/s1. The first-order valence-electron chi connectivity index (χ1n) is 8.97. The van der Waals surface area contributed by atoms with Crippen LogP contribution < -0.4 is 10.6 Å². The van der Waals surface area contributed by atoms with Crippen LogP contribution in [0, 0.1) is 5.82 Å². The zero-order chi connectivity index (χ0) is 17.8. The van der Waals surface area contributed by atoms with Crippen molar-refractivity contribution in [2.75, 3.05) is 0 Å². The first-order chi connectivity index (χ1) is 12.1. The number of hydrogen-bond acceptors (Lipinski definition) is 2. The lowest BCUT2D eigenvalue weighted by Crippen LogP contribution is -2.44. The maximum Gasteiger partial charge on any atom is 0.237 e. The molecule has 2 atom stereocenters. The van der Waals surface area contributed by atoms with E-state index in [2.05, 4.69) is 29.7 Å². The summed E-state index contributed by atoms with van der Waals surface area (Å²) in [5.41, 5.74) is 3.09. The molecule has 0 saturated heterocycles. The second-order valence-electron chi connectivity index (χ2n) is 6.75. The molecule has 4 heteroatoms. The van der Waals surface area contributed by atoms with Gasteiger partial charge in [0.1, 0.15) is 5.82 Å². The van der Waals surface area contributed by atoms with E-state index in [0.717, 1.165) is 30.4 Å². The van der Waals surface area contributed by atoms with Crippen LogP contribution in [0.2, 0.25) is 0 Å². The second kappa shape index (κ2) is 7.79. The van der Waals surface area contributed by atoms with E-state index >= 15 is 0 Å². The van der Waals surface area contributed by atoms with Crippen molar-refractivity contribution >= 4 is 5.91 Å². The summed E-state index contributed by atoms with van der Waals surface area (Å²) in [4.78, 5) is 12.3. The first kappa shape index (κ1) is 17.6. The fourth-order valence-corrected chi connectivity index (χ4v) is 2.90. The van der Waals surface area contributed by atoms with Crippen molar-refractivity contribution < 1.29 is 9.18 Å². The smallest absolute Gasteiger partial charge is 0.237 e. The molecule has 0 radical (unpaired) electrons. The molecule has 3 rings (SSSR count). The Morgan fingerprint density at radius 2 is 1.88 bits per heavy atom. The molecule has 3 nitrogen and oxygen atoms in total. The van der Waals surface area contributed by atoms with Crippen molar-refractivity contribution in [2.24, 2.45) is 0 Å². The van der Waals surface area contributed by atoms with Gasteiger partial charge in [0, 0.05) is 6.04 Å². The Morgan fingerprint density at radius 3 is 2.48 bits per heavy atom. The Hall–Kier alpha value is -2.20. The van der Waals surface area contributed by atoms with Crippen molar-refractivity contribution in [3.8, 4) is 0 Å². The molecule has 25 heavy (non-hydrogen) atoms. The fourth-order valence-electron chi connectivity index (χ4n) is 2.90. The van der Waals surface area contributed by atoms with Crippen molar-refractivity contribution in [2.45, 2.75) is 51.2 Å². The molecule has 1 fully saturated rings. The van der Waals surface area contributed by atoms with Gasteiger partial charge in [0.15, 0.2) is 0 Å². The highest BCUT2D eigenvalue weighted by molar-refractivity contribution is 5.82. The van der Waals surface area contributed by atoms with Crippen LogP contribution in [0.25, 0.3) is 0 Å². The quantitative estimate of drug-likeness (QED) is 0.806. The van der Waals surface area contributed by atoms with Crippen LogP contribution in [0.5, 0.6) is 0 Å². The summed E-state index contributed by atoms with van der Waals surface area (Å²) in [6.45, 7) is 3.96. The van der Waals surface area contributed by atoms with Gasteiger partial charge in [-0.05, 0) is 55.0 Å². The van der Waals surface area contributed by atoms with Crippen LogP contribution in [-0.4, -0.2) is 18.0 Å². The summed E-state index contributed by atoms with van der Waals surface area (Å²) >= 11 is 0. The minimum absolute atomic E-state index is 0.00548. The number of carbonyl (C=O) groups excluding carboxylic acids is 1. The van der Waals surface area contributed by atoms with Crippen molar-refractivity contribution in [3.63, 3.8) is 0 Å². The predicted octanol–water partition coefficient (Wildman–Crippen LogP) is 3.73. The van der Waals surface area contributed by atoms with E-state index in [1.165, 1.54) is 17.7 Å². The van der Waals surface area contributed by atoms with Gasteiger partial charge in [0.25, 0.3) is 0 Å². The Morgan fingerprint density at radius 1 is 1.16 bits per heavy atom. The molecule has 2 aromatic rings. The highest BCUT2D eigenvalue weighted by Gasteiger charge is 2.27. The van der Waals surface area contributed by atoms with E-state index in [0.29, 0.717) is 6.04 Å². The highest BCUT2D eigenvalue weighted by Crippen LogP contribution is 2.24. The van der Waals surface area contributed by atoms with Crippen LogP contribution in [0.1, 0.15) is 49.4 Å². The van der Waals surface area contributed by atoms with Crippen molar-refractivity contribution in [1.82, 2.24) is 10.6 Å². The molecule has 2 N–H and O–H groups in total. The molecule has 1 aliphatic carbocycles. The molecule has 0 aromatic heterocycles. The lowest BCUT2D eigenvalue weighted by atomic mass is 9.96. The van der Waals surface area contributed by atoms with Crippen LogP contribution in [0.4, 0.5) is 4.39 Å². The third-order valence-corrected chi connectivity index (χ3v) is 4.64. The normalized spacial score (nSPS) is 16.3. The van der Waals surface area contributed by atoms with Crippen molar-refractivity contribution in [3.05, 3.63) is 71.0 Å². The van der Waals surface area contributed by atoms with Crippen LogP contribution >= 0.6 is 0 Å². The average Bonchev–Trinajstić information content (AvgIpc) is 3.43. The highest BCUT2D eigenvalue weighted by atomic mass is 19.1. The van der Waals surface area contributed by atoms with Gasteiger partial charge in [-0.25, -0.2) is 4.39 Å². The van der Waals surface area contributed by atoms with E-state index in [-0.39, 0.29) is 23.8 Å². The minimum Gasteiger partial charge on any atom is -0.352 e. The molecule has 1 saturated carbocycles. The zero-order valence-corrected chi connectivity index (χ0v) is 14.8. The third kappa shape index (κ3) is 4.67. The molecule has 132 valence electrons. The summed E-state index contributed by atoms with van der Waals surface area (Å²) in [5.74, 6) is -0.279. The summed E-state index contributed by atoms with van der Waals surface area (Å²) in [7, 11) is 0. The predicted molar refractivity (Wildman–Crippen MR) is 97.8 cm³/mol. The van der Waals surface area contributed by atoms with Crippen LogP contribution in [0.3, 0.4) is 0 Å². The second-order valence-corrected chi connectivity index (χ2v) is 6.75. The van der Waals surface area contributed by atoms with E-state index in [9.17, 15) is 9.18 Å². The Balaban J connectivity index is 1.83. The number of amides is 1. The van der Waals surface area contributed by atoms with Gasteiger partial charge in [0.2, 0.25) is 5.91 Å². The Kier molecular flexibility index (Phi) is 5.49. The number of hydrogen-bond donors (Lipinski definition) is 2. The van der Waals surface area contributed by atoms with Crippen LogP contribution in [-0.2, 0) is 11.2 Å². The monoisotopic (exact) mass is 340 g/mol. The molecular weight excluding hydrogens is 315 g/mol. The number of aryl methyl sites for hydroxylation is 1. The van der Waals surface area contributed by atoms with Gasteiger partial charge in [-0.2, -0.15) is 0 Å². The van der Waals surface area contributed by atoms with Crippen LogP contribution in [0.15, 0.2) is 48.5 Å². The minimum atomic E-state index is -0.361. The lowest BCUT2D eigenvalue weighted by Gasteiger charge is -2.24. The summed E-state index contributed by atoms with van der Waals surface area (Å²) < 4.78 is 13.7. The Labute approximate surface area is 148 Å². The number of benzene rings is 2. The van der Waals surface area contributed by atoms with E-state index in [1.807, 2.05) is 25.1 Å². The molecule has 1 aliphatic rings. The number of carbonyl (C=O) groups is 1. The van der Waals surface area contributed by atoms with Crippen molar-refractivity contribution in [1.29, 1.82) is 0 Å². The van der Waals surface area contributed by atoms with Gasteiger partial charge in [0.05, 0.1) is 12.1 Å². The topological polar surface area (TPSA) is 41.1 Å². The Bertz CT molecular complexity index is 725. The largest absolute Gasteiger partial charge is 0.352 e. The van der Waals surface area contributed by atoms with E-state index in [1.54, 1.807) is 6.07 Å². The molecule has 0 aliphatic heterocycles. The third-order valence-electron chi connectivity index (χ3n) is 4.64. The van der Waals surface area contributed by atoms with Gasteiger partial charge < -0.3 is 5.32 Å². The van der Waals surface area contributed by atoms with Gasteiger partial charge >= 0.3 is 0 Å². The maximum absolute atomic E-state index is 13.7. The van der Waals surface area contributed by atoms with E-state index in [4.69, 9.17) is 0 Å².